The number of hydrogen-bond donors (Lipinski definition) is 3. The minimum Gasteiger partial charge on any atom is -0.360 e. The smallest absolute Gasteiger partial charge is 0.360 e. The fraction of sp³-hybridized carbons (Fsp3) is 0.231. The molecule has 0 fully saturated rings. The molecule has 1 amide bonds. The standard InChI is InChI=1S/C39H36F3N7O5S/c1-6-32(33-15-12-29(45-33)18-27-19-35(55(52,53)54)24(4)22(2)23(27)3)46-37(50)48-36(34-16-17-44-49(34)30-13-10-26(21-43)11-14-30)25(5)47(38(48)51)31-9-7-8-28(20-31)39(40,41)42/h7-17,19-20,32,45H,6,18H2,1-5H3,(H,46,50)(H,52,53,54). The summed E-state index contributed by atoms with van der Waals surface area (Å²) in [5.41, 5.74) is 3.39. The van der Waals surface area contributed by atoms with Crippen molar-refractivity contribution in [3.05, 3.63) is 140 Å². The van der Waals surface area contributed by atoms with E-state index < -0.39 is 39.6 Å². The maximum absolute atomic E-state index is 14.3. The molecular weight excluding hydrogens is 736 g/mol. The van der Waals surface area contributed by atoms with Crippen molar-refractivity contribution in [3.63, 3.8) is 0 Å². The molecular formula is C39H36F3N7O5S. The Kier molecular flexibility index (Phi) is 10.2. The number of H-pyrrole nitrogens is 1. The summed E-state index contributed by atoms with van der Waals surface area (Å²) in [5, 5.41) is 16.6. The number of hydrogen-bond acceptors (Lipinski definition) is 6. The molecule has 55 heavy (non-hydrogen) atoms. The molecule has 3 heterocycles. The van der Waals surface area contributed by atoms with Crippen LogP contribution in [0.2, 0.25) is 0 Å². The van der Waals surface area contributed by atoms with E-state index in [-0.39, 0.29) is 34.1 Å². The molecule has 3 aromatic carbocycles. The third-order valence-corrected chi connectivity index (χ3v) is 10.8. The lowest BCUT2D eigenvalue weighted by atomic mass is 9.96. The number of imidazole rings is 1. The van der Waals surface area contributed by atoms with Crippen LogP contribution in [0.25, 0.3) is 22.8 Å². The molecule has 6 rings (SSSR count). The zero-order valence-corrected chi connectivity index (χ0v) is 31.2. The topological polar surface area (TPSA) is 168 Å². The highest BCUT2D eigenvalue weighted by atomic mass is 32.2. The van der Waals surface area contributed by atoms with Gasteiger partial charge < -0.3 is 10.3 Å². The number of nitrogens with one attached hydrogen (secondary N) is 2. The number of alkyl halides is 3. The van der Waals surface area contributed by atoms with Crippen molar-refractivity contribution >= 4 is 16.1 Å². The molecule has 0 aliphatic heterocycles. The Bertz CT molecular complexity index is 2660. The zero-order valence-electron chi connectivity index (χ0n) is 30.4. The summed E-state index contributed by atoms with van der Waals surface area (Å²) in [6.45, 7) is 8.61. The van der Waals surface area contributed by atoms with Gasteiger partial charge in [0.25, 0.3) is 10.1 Å². The van der Waals surface area contributed by atoms with Crippen molar-refractivity contribution < 1.29 is 30.9 Å². The van der Waals surface area contributed by atoms with Crippen LogP contribution in [0, 0.1) is 39.0 Å². The van der Waals surface area contributed by atoms with Gasteiger partial charge in [-0.25, -0.2) is 18.8 Å². The second-order valence-corrected chi connectivity index (χ2v) is 14.5. The van der Waals surface area contributed by atoms with Crippen molar-refractivity contribution in [2.24, 2.45) is 0 Å². The first-order valence-corrected chi connectivity index (χ1v) is 18.5. The van der Waals surface area contributed by atoms with Gasteiger partial charge in [-0.15, -0.1) is 0 Å². The lowest BCUT2D eigenvalue weighted by Gasteiger charge is -2.18. The lowest BCUT2D eigenvalue weighted by molar-refractivity contribution is -0.137. The number of halogens is 3. The number of nitriles is 1. The molecule has 0 spiro atoms. The molecule has 1 unspecified atom stereocenters. The van der Waals surface area contributed by atoms with Gasteiger partial charge in [-0.2, -0.15) is 31.9 Å². The number of aromatic amines is 1. The van der Waals surface area contributed by atoms with Crippen LogP contribution in [0.4, 0.5) is 18.0 Å². The minimum absolute atomic E-state index is 0.0728. The second kappa shape index (κ2) is 14.6. The first-order chi connectivity index (χ1) is 25.9. The predicted molar refractivity (Wildman–Crippen MR) is 198 cm³/mol. The Labute approximate surface area is 314 Å². The van der Waals surface area contributed by atoms with Crippen molar-refractivity contribution in [1.29, 1.82) is 5.26 Å². The summed E-state index contributed by atoms with van der Waals surface area (Å²) in [4.78, 5) is 31.7. The molecule has 16 heteroatoms. The third kappa shape index (κ3) is 7.36. The molecule has 6 aromatic rings. The molecule has 1 atom stereocenters. The van der Waals surface area contributed by atoms with Crippen LogP contribution in [0.15, 0.2) is 88.7 Å². The van der Waals surface area contributed by atoms with Crippen molar-refractivity contribution in [3.8, 4) is 28.8 Å². The lowest BCUT2D eigenvalue weighted by Crippen LogP contribution is -2.39. The summed E-state index contributed by atoms with van der Waals surface area (Å²) >= 11 is 0. The molecule has 284 valence electrons. The number of carbonyl (C=O) groups excluding carboxylic acids is 1. The summed E-state index contributed by atoms with van der Waals surface area (Å²) in [6.07, 6.45) is -2.60. The monoisotopic (exact) mass is 771 g/mol. The van der Waals surface area contributed by atoms with E-state index in [0.717, 1.165) is 32.4 Å². The van der Waals surface area contributed by atoms with E-state index >= 15 is 0 Å². The Morgan fingerprint density at radius 3 is 2.33 bits per heavy atom. The van der Waals surface area contributed by atoms with Crippen LogP contribution in [-0.4, -0.2) is 42.9 Å². The van der Waals surface area contributed by atoms with E-state index in [4.69, 9.17) is 0 Å². The third-order valence-electron chi connectivity index (χ3n) is 9.84. The molecule has 0 aliphatic carbocycles. The van der Waals surface area contributed by atoms with E-state index in [1.807, 2.05) is 19.9 Å². The molecule has 3 aromatic heterocycles. The van der Waals surface area contributed by atoms with Crippen LogP contribution in [0.1, 0.15) is 69.8 Å². The highest BCUT2D eigenvalue weighted by Gasteiger charge is 2.32. The molecule has 0 bridgehead atoms. The van der Waals surface area contributed by atoms with E-state index in [1.165, 1.54) is 36.0 Å². The summed E-state index contributed by atoms with van der Waals surface area (Å²) in [5.74, 6) is 0. The average molecular weight is 772 g/mol. The number of aromatic nitrogens is 5. The van der Waals surface area contributed by atoms with E-state index in [2.05, 4.69) is 15.4 Å². The number of benzene rings is 3. The Morgan fingerprint density at radius 1 is 0.982 bits per heavy atom. The molecule has 0 saturated carbocycles. The SMILES string of the molecule is CCC(NC(=O)n1c(-c2ccnn2-c2ccc(C#N)cc2)c(C)n(-c2cccc(C(F)(F)F)c2)c1=O)c1ccc(Cc2cc(S(=O)(=O)O)c(C)c(C)c2C)[nH]1. The fourth-order valence-corrected chi connectivity index (χ4v) is 7.53. The fourth-order valence-electron chi connectivity index (χ4n) is 6.70. The zero-order chi connectivity index (χ0) is 40.0. The Morgan fingerprint density at radius 2 is 1.69 bits per heavy atom. The van der Waals surface area contributed by atoms with Crippen LogP contribution in [0.5, 0.6) is 0 Å². The maximum atomic E-state index is 14.3. The predicted octanol–water partition coefficient (Wildman–Crippen LogP) is 7.49. The molecule has 0 saturated heterocycles. The molecule has 12 nitrogen and oxygen atoms in total. The van der Waals surface area contributed by atoms with E-state index in [1.54, 1.807) is 56.3 Å². The van der Waals surface area contributed by atoms with Gasteiger partial charge in [0.05, 0.1) is 57.1 Å². The highest BCUT2D eigenvalue weighted by molar-refractivity contribution is 7.85. The first kappa shape index (κ1) is 38.5. The summed E-state index contributed by atoms with van der Waals surface area (Å²) < 4.78 is 78.7. The van der Waals surface area contributed by atoms with Crippen LogP contribution < -0.4 is 11.0 Å². The summed E-state index contributed by atoms with van der Waals surface area (Å²) in [7, 11) is -4.47. The van der Waals surface area contributed by atoms with Gasteiger partial charge in [0.15, 0.2) is 0 Å². The summed E-state index contributed by atoms with van der Waals surface area (Å²) in [6, 6.07) is 17.7. The van der Waals surface area contributed by atoms with Gasteiger partial charge in [0.2, 0.25) is 0 Å². The average Bonchev–Trinajstić information content (AvgIpc) is 3.87. The number of carbonyl (C=O) groups is 1. The maximum Gasteiger partial charge on any atom is 0.416 e. The van der Waals surface area contributed by atoms with Crippen molar-refractivity contribution in [2.75, 3.05) is 0 Å². The van der Waals surface area contributed by atoms with Crippen LogP contribution >= 0.6 is 0 Å². The minimum atomic E-state index is -4.69. The van der Waals surface area contributed by atoms with Crippen LogP contribution in [-0.2, 0) is 22.7 Å². The quantitative estimate of drug-likeness (QED) is 0.128. The van der Waals surface area contributed by atoms with Gasteiger partial charge in [0, 0.05) is 17.8 Å². The Hall–Kier alpha value is -6.18. The Balaban J connectivity index is 1.41. The number of rotatable bonds is 9. The van der Waals surface area contributed by atoms with Crippen LogP contribution in [0.3, 0.4) is 0 Å². The van der Waals surface area contributed by atoms with Gasteiger partial charge in [-0.1, -0.05) is 13.0 Å². The molecule has 0 radical (unpaired) electrons. The molecule has 0 aliphatic rings. The van der Waals surface area contributed by atoms with Gasteiger partial charge in [0.1, 0.15) is 5.69 Å². The largest absolute Gasteiger partial charge is 0.416 e. The normalized spacial score (nSPS) is 12.4. The van der Waals surface area contributed by atoms with Gasteiger partial charge >= 0.3 is 17.9 Å². The van der Waals surface area contributed by atoms with E-state index in [0.29, 0.717) is 40.2 Å². The van der Waals surface area contributed by atoms with Gasteiger partial charge in [-0.3, -0.25) is 9.12 Å². The van der Waals surface area contributed by atoms with Crippen molar-refractivity contribution in [2.45, 2.75) is 64.6 Å². The van der Waals surface area contributed by atoms with Crippen molar-refractivity contribution in [1.82, 2.24) is 29.2 Å². The highest BCUT2D eigenvalue weighted by Crippen LogP contribution is 2.33. The number of nitrogens with zero attached hydrogens (tertiary/aromatic N) is 5. The van der Waals surface area contributed by atoms with Gasteiger partial charge in [-0.05, 0) is 123 Å². The number of amides is 1. The molecule has 3 N–H and O–H groups in total. The first-order valence-electron chi connectivity index (χ1n) is 17.1. The second-order valence-electron chi connectivity index (χ2n) is 13.1. The van der Waals surface area contributed by atoms with E-state index in [9.17, 15) is 41.0 Å².